The van der Waals surface area contributed by atoms with E-state index in [-0.39, 0.29) is 12.5 Å². The zero-order valence-electron chi connectivity index (χ0n) is 11.6. The summed E-state index contributed by atoms with van der Waals surface area (Å²) in [6.07, 6.45) is 2.43. The molecule has 1 amide bonds. The molecule has 2 aliphatic rings. The molecule has 1 saturated heterocycles. The molecule has 20 heavy (non-hydrogen) atoms. The van der Waals surface area contributed by atoms with Gasteiger partial charge in [0.1, 0.15) is 5.75 Å². The SMILES string of the molecule is CC1CC(NCc2ccc3c(c2)NC(=O)CO3)CCO1. The number of rotatable bonds is 3. The maximum atomic E-state index is 11.3. The molecule has 2 aliphatic heterocycles. The van der Waals surface area contributed by atoms with Gasteiger partial charge in [0.25, 0.3) is 5.91 Å². The average Bonchev–Trinajstić information content (AvgIpc) is 2.45. The van der Waals surface area contributed by atoms with Crippen molar-refractivity contribution in [3.05, 3.63) is 23.8 Å². The number of amides is 1. The zero-order valence-corrected chi connectivity index (χ0v) is 11.6. The molecule has 5 nitrogen and oxygen atoms in total. The first kappa shape index (κ1) is 13.4. The van der Waals surface area contributed by atoms with E-state index in [9.17, 15) is 4.79 Å². The van der Waals surface area contributed by atoms with Gasteiger partial charge in [-0.3, -0.25) is 4.79 Å². The maximum Gasteiger partial charge on any atom is 0.262 e. The Hall–Kier alpha value is -1.59. The van der Waals surface area contributed by atoms with E-state index < -0.39 is 0 Å². The van der Waals surface area contributed by atoms with Gasteiger partial charge in [-0.15, -0.1) is 0 Å². The van der Waals surface area contributed by atoms with Crippen LogP contribution in [-0.2, 0) is 16.1 Å². The van der Waals surface area contributed by atoms with Gasteiger partial charge in [-0.25, -0.2) is 0 Å². The normalized spacial score (nSPS) is 25.6. The number of benzene rings is 1. The van der Waals surface area contributed by atoms with Crippen LogP contribution in [0.5, 0.6) is 5.75 Å². The van der Waals surface area contributed by atoms with Crippen LogP contribution in [0.25, 0.3) is 0 Å². The first-order valence-electron chi connectivity index (χ1n) is 7.11. The molecule has 0 aromatic heterocycles. The fourth-order valence-corrected chi connectivity index (χ4v) is 2.69. The van der Waals surface area contributed by atoms with E-state index in [1.54, 1.807) is 0 Å². The number of hydrogen-bond donors (Lipinski definition) is 2. The fourth-order valence-electron chi connectivity index (χ4n) is 2.69. The first-order valence-corrected chi connectivity index (χ1v) is 7.11. The Labute approximate surface area is 118 Å². The van der Waals surface area contributed by atoms with Gasteiger partial charge < -0.3 is 20.1 Å². The Morgan fingerprint density at radius 3 is 3.20 bits per heavy atom. The van der Waals surface area contributed by atoms with Crippen molar-refractivity contribution in [3.63, 3.8) is 0 Å². The van der Waals surface area contributed by atoms with Crippen molar-refractivity contribution in [1.29, 1.82) is 0 Å². The summed E-state index contributed by atoms with van der Waals surface area (Å²) >= 11 is 0. The molecule has 1 aromatic carbocycles. The molecular weight excluding hydrogens is 256 g/mol. The standard InChI is InChI=1S/C15H20N2O3/c1-10-6-12(4-5-19-10)16-8-11-2-3-14-13(7-11)17-15(18)9-20-14/h2-3,7,10,12,16H,4-6,8-9H2,1H3,(H,17,18). The topological polar surface area (TPSA) is 59.6 Å². The van der Waals surface area contributed by atoms with Crippen LogP contribution in [-0.4, -0.2) is 31.3 Å². The smallest absolute Gasteiger partial charge is 0.262 e. The summed E-state index contributed by atoms with van der Waals surface area (Å²) < 4.78 is 10.9. The van der Waals surface area contributed by atoms with E-state index in [1.807, 2.05) is 18.2 Å². The van der Waals surface area contributed by atoms with Gasteiger partial charge in [-0.1, -0.05) is 6.07 Å². The lowest BCUT2D eigenvalue weighted by molar-refractivity contribution is -0.118. The number of hydrogen-bond acceptors (Lipinski definition) is 4. The molecular formula is C15H20N2O3. The van der Waals surface area contributed by atoms with Crippen LogP contribution < -0.4 is 15.4 Å². The predicted molar refractivity (Wildman–Crippen MR) is 75.8 cm³/mol. The number of carbonyl (C=O) groups excluding carboxylic acids is 1. The molecule has 3 rings (SSSR count). The highest BCUT2D eigenvalue weighted by molar-refractivity contribution is 5.95. The molecule has 5 heteroatoms. The highest BCUT2D eigenvalue weighted by Gasteiger charge is 2.19. The molecule has 0 bridgehead atoms. The van der Waals surface area contributed by atoms with Crippen molar-refractivity contribution < 1.29 is 14.3 Å². The van der Waals surface area contributed by atoms with Crippen LogP contribution in [0.4, 0.5) is 5.69 Å². The van der Waals surface area contributed by atoms with Gasteiger partial charge in [0, 0.05) is 19.2 Å². The van der Waals surface area contributed by atoms with Crippen molar-refractivity contribution >= 4 is 11.6 Å². The average molecular weight is 276 g/mol. The molecule has 1 aromatic rings. The van der Waals surface area contributed by atoms with E-state index >= 15 is 0 Å². The Kier molecular flexibility index (Phi) is 3.89. The van der Waals surface area contributed by atoms with Gasteiger partial charge in [-0.05, 0) is 37.5 Å². The van der Waals surface area contributed by atoms with E-state index in [0.717, 1.165) is 43.0 Å². The van der Waals surface area contributed by atoms with Gasteiger partial charge >= 0.3 is 0 Å². The summed E-state index contributed by atoms with van der Waals surface area (Å²) in [5.41, 5.74) is 1.91. The largest absolute Gasteiger partial charge is 0.482 e. The van der Waals surface area contributed by atoms with Crippen molar-refractivity contribution in [2.45, 2.75) is 38.5 Å². The van der Waals surface area contributed by atoms with E-state index in [0.29, 0.717) is 12.1 Å². The molecule has 0 saturated carbocycles. The Morgan fingerprint density at radius 2 is 2.35 bits per heavy atom. The molecule has 0 spiro atoms. The predicted octanol–water partition coefficient (Wildman–Crippen LogP) is 1.67. The second-order valence-electron chi connectivity index (χ2n) is 5.45. The third-order valence-electron chi connectivity index (χ3n) is 3.76. The lowest BCUT2D eigenvalue weighted by Crippen LogP contribution is -2.37. The molecule has 2 atom stereocenters. The summed E-state index contributed by atoms with van der Waals surface area (Å²) in [6.45, 7) is 3.83. The molecule has 2 heterocycles. The second kappa shape index (κ2) is 5.81. The van der Waals surface area contributed by atoms with Crippen molar-refractivity contribution in [3.8, 4) is 5.75 Å². The van der Waals surface area contributed by atoms with Crippen LogP contribution >= 0.6 is 0 Å². The highest BCUT2D eigenvalue weighted by Crippen LogP contribution is 2.28. The minimum atomic E-state index is -0.0964. The van der Waals surface area contributed by atoms with Crippen molar-refractivity contribution in [1.82, 2.24) is 5.32 Å². The minimum Gasteiger partial charge on any atom is -0.482 e. The van der Waals surface area contributed by atoms with Crippen molar-refractivity contribution in [2.75, 3.05) is 18.5 Å². The first-order chi connectivity index (χ1) is 9.70. The third-order valence-corrected chi connectivity index (χ3v) is 3.76. The number of ether oxygens (including phenoxy) is 2. The number of anilines is 1. The van der Waals surface area contributed by atoms with Crippen molar-refractivity contribution in [2.24, 2.45) is 0 Å². The van der Waals surface area contributed by atoms with Crippen LogP contribution in [0.3, 0.4) is 0 Å². The fraction of sp³-hybridized carbons (Fsp3) is 0.533. The van der Waals surface area contributed by atoms with Crippen LogP contribution in [0.15, 0.2) is 18.2 Å². The Balaban J connectivity index is 1.60. The summed E-state index contributed by atoms with van der Waals surface area (Å²) in [4.78, 5) is 11.3. The highest BCUT2D eigenvalue weighted by atomic mass is 16.5. The molecule has 2 unspecified atom stereocenters. The van der Waals surface area contributed by atoms with E-state index in [4.69, 9.17) is 9.47 Å². The lowest BCUT2D eigenvalue weighted by atomic mass is 10.0. The molecule has 108 valence electrons. The van der Waals surface area contributed by atoms with Gasteiger partial charge in [0.05, 0.1) is 11.8 Å². The molecule has 2 N–H and O–H groups in total. The van der Waals surface area contributed by atoms with Crippen LogP contribution in [0.2, 0.25) is 0 Å². The van der Waals surface area contributed by atoms with E-state index in [2.05, 4.69) is 17.6 Å². The summed E-state index contributed by atoms with van der Waals surface area (Å²) in [6, 6.07) is 6.42. The van der Waals surface area contributed by atoms with Gasteiger partial charge in [0.15, 0.2) is 6.61 Å². The maximum absolute atomic E-state index is 11.3. The monoisotopic (exact) mass is 276 g/mol. The Bertz CT molecular complexity index is 504. The minimum absolute atomic E-state index is 0.0964. The Morgan fingerprint density at radius 1 is 1.45 bits per heavy atom. The second-order valence-corrected chi connectivity index (χ2v) is 5.45. The molecule has 0 aliphatic carbocycles. The number of fused-ring (bicyclic) bond motifs is 1. The van der Waals surface area contributed by atoms with Crippen LogP contribution in [0.1, 0.15) is 25.3 Å². The molecule has 0 radical (unpaired) electrons. The van der Waals surface area contributed by atoms with E-state index in [1.165, 1.54) is 0 Å². The molecule has 1 fully saturated rings. The number of nitrogens with one attached hydrogen (secondary N) is 2. The quantitative estimate of drug-likeness (QED) is 0.881. The summed E-state index contributed by atoms with van der Waals surface area (Å²) in [5.74, 6) is 0.647. The summed E-state index contributed by atoms with van der Waals surface area (Å²) in [5, 5.41) is 6.39. The zero-order chi connectivity index (χ0) is 13.9. The van der Waals surface area contributed by atoms with Gasteiger partial charge in [0.2, 0.25) is 0 Å². The van der Waals surface area contributed by atoms with Crippen LogP contribution in [0, 0.1) is 0 Å². The number of carbonyl (C=O) groups is 1. The lowest BCUT2D eigenvalue weighted by Gasteiger charge is -2.28. The summed E-state index contributed by atoms with van der Waals surface area (Å²) in [7, 11) is 0. The van der Waals surface area contributed by atoms with Gasteiger partial charge in [-0.2, -0.15) is 0 Å². The third kappa shape index (κ3) is 3.11.